The van der Waals surface area contributed by atoms with Crippen LogP contribution in [0.1, 0.15) is 0 Å². The summed E-state index contributed by atoms with van der Waals surface area (Å²) in [6, 6.07) is 12.8. The molecular weight excluding hydrogens is 348 g/mol. The molecule has 0 aliphatic rings. The molecule has 0 aliphatic carbocycles. The van der Waals surface area contributed by atoms with Crippen LogP contribution < -0.4 is 10.2 Å². The fourth-order valence-electron chi connectivity index (χ4n) is 2.57. The highest BCUT2D eigenvalue weighted by Gasteiger charge is 2.27. The lowest BCUT2D eigenvalue weighted by Crippen LogP contribution is -2.26. The molecule has 0 saturated carbocycles. The number of anilines is 3. The van der Waals surface area contributed by atoms with Gasteiger partial charge in [0, 0.05) is 11.6 Å². The first-order valence-corrected chi connectivity index (χ1v) is 7.74. The Kier molecular flexibility index (Phi) is 5.00. The molecule has 27 heavy (non-hydrogen) atoms. The van der Waals surface area contributed by atoms with Gasteiger partial charge in [-0.3, -0.25) is 15.1 Å². The van der Waals surface area contributed by atoms with Crippen LogP contribution in [-0.4, -0.2) is 33.0 Å². The predicted molar refractivity (Wildman–Crippen MR) is 97.2 cm³/mol. The molecule has 2 heterocycles. The standard InChI is InChI=1S/C17H12N8O2/c18-6-9-24(10-7-19)17-15(25(26)27)16(21-11-22-17)23-13-5-1-3-12-4-2-8-20-14(12)13/h1-5,8,11H,9-10H2,(H,21,22,23). The second kappa shape index (κ2) is 7.72. The van der Waals surface area contributed by atoms with E-state index in [-0.39, 0.29) is 24.7 Å². The Bertz CT molecular complexity index is 1060. The van der Waals surface area contributed by atoms with Gasteiger partial charge < -0.3 is 10.2 Å². The second-order valence-corrected chi connectivity index (χ2v) is 5.33. The van der Waals surface area contributed by atoms with Crippen LogP contribution in [0.15, 0.2) is 42.9 Å². The number of benzene rings is 1. The van der Waals surface area contributed by atoms with Crippen LogP contribution in [0.25, 0.3) is 10.9 Å². The van der Waals surface area contributed by atoms with Gasteiger partial charge in [-0.15, -0.1) is 0 Å². The summed E-state index contributed by atoms with van der Waals surface area (Å²) >= 11 is 0. The molecule has 0 unspecified atom stereocenters. The van der Waals surface area contributed by atoms with E-state index in [0.29, 0.717) is 11.2 Å². The summed E-state index contributed by atoms with van der Waals surface area (Å²) in [5, 5.41) is 33.3. The minimum Gasteiger partial charge on any atom is -0.332 e. The molecular formula is C17H12N8O2. The average Bonchev–Trinajstić information content (AvgIpc) is 2.68. The molecule has 0 spiro atoms. The molecule has 10 heteroatoms. The van der Waals surface area contributed by atoms with E-state index in [1.807, 2.05) is 24.3 Å². The van der Waals surface area contributed by atoms with Crippen molar-refractivity contribution in [3.63, 3.8) is 0 Å². The Hall–Kier alpha value is -4.31. The SMILES string of the molecule is N#CCN(CC#N)c1ncnc(Nc2cccc3cccnc23)c1[N+](=O)[O-]. The van der Waals surface area contributed by atoms with Crippen molar-refractivity contribution in [2.24, 2.45) is 0 Å². The molecule has 0 atom stereocenters. The molecule has 1 N–H and O–H groups in total. The Labute approximate surface area is 153 Å². The van der Waals surface area contributed by atoms with Crippen LogP contribution in [0.4, 0.5) is 23.0 Å². The first kappa shape index (κ1) is 17.5. The van der Waals surface area contributed by atoms with Crippen molar-refractivity contribution in [3.8, 4) is 12.1 Å². The second-order valence-electron chi connectivity index (χ2n) is 5.33. The third-order valence-corrected chi connectivity index (χ3v) is 3.69. The number of pyridine rings is 1. The lowest BCUT2D eigenvalue weighted by atomic mass is 10.2. The van der Waals surface area contributed by atoms with Crippen molar-refractivity contribution in [1.82, 2.24) is 15.0 Å². The summed E-state index contributed by atoms with van der Waals surface area (Å²) in [4.78, 5) is 24.5. The molecule has 0 fully saturated rings. The predicted octanol–water partition coefficient (Wildman–Crippen LogP) is 2.53. The van der Waals surface area contributed by atoms with Gasteiger partial charge in [0.15, 0.2) is 0 Å². The molecule has 2 aromatic heterocycles. The lowest BCUT2D eigenvalue weighted by Gasteiger charge is -2.17. The topological polar surface area (TPSA) is 145 Å². The molecule has 1 aromatic carbocycles. The number of fused-ring (bicyclic) bond motifs is 1. The molecule has 3 aromatic rings. The highest BCUT2D eigenvalue weighted by molar-refractivity contribution is 5.92. The van der Waals surface area contributed by atoms with Crippen molar-refractivity contribution >= 4 is 33.9 Å². The van der Waals surface area contributed by atoms with Crippen molar-refractivity contribution < 1.29 is 4.92 Å². The van der Waals surface area contributed by atoms with E-state index in [1.165, 1.54) is 4.90 Å². The van der Waals surface area contributed by atoms with Gasteiger partial charge in [-0.2, -0.15) is 10.5 Å². The number of nitriles is 2. The monoisotopic (exact) mass is 360 g/mol. The molecule has 0 aliphatic heterocycles. The van der Waals surface area contributed by atoms with Gasteiger partial charge in [0.25, 0.3) is 0 Å². The molecule has 10 nitrogen and oxygen atoms in total. The van der Waals surface area contributed by atoms with E-state index in [2.05, 4.69) is 20.3 Å². The van der Waals surface area contributed by atoms with E-state index in [1.54, 1.807) is 24.4 Å². The minimum atomic E-state index is -0.641. The Balaban J connectivity index is 2.11. The largest absolute Gasteiger partial charge is 0.353 e. The van der Waals surface area contributed by atoms with Crippen molar-refractivity contribution in [1.29, 1.82) is 10.5 Å². The average molecular weight is 360 g/mol. The van der Waals surface area contributed by atoms with Gasteiger partial charge in [0.05, 0.1) is 28.3 Å². The van der Waals surface area contributed by atoms with Crippen molar-refractivity contribution in [2.75, 3.05) is 23.3 Å². The number of aromatic nitrogens is 3. The fourth-order valence-corrected chi connectivity index (χ4v) is 2.57. The number of rotatable bonds is 6. The minimum absolute atomic E-state index is 0.0518. The maximum atomic E-state index is 11.7. The molecule has 0 radical (unpaired) electrons. The highest BCUT2D eigenvalue weighted by Crippen LogP contribution is 2.34. The molecule has 0 bridgehead atoms. The van der Waals surface area contributed by atoms with E-state index >= 15 is 0 Å². The zero-order valence-corrected chi connectivity index (χ0v) is 13.9. The number of hydrogen-bond acceptors (Lipinski definition) is 9. The molecule has 0 amide bonds. The van der Waals surface area contributed by atoms with E-state index in [0.717, 1.165) is 11.7 Å². The highest BCUT2D eigenvalue weighted by atomic mass is 16.6. The summed E-state index contributed by atoms with van der Waals surface area (Å²) in [5.41, 5.74) is 0.740. The summed E-state index contributed by atoms with van der Waals surface area (Å²) < 4.78 is 0. The van der Waals surface area contributed by atoms with E-state index in [4.69, 9.17) is 10.5 Å². The summed E-state index contributed by atoms with van der Waals surface area (Å²) in [5.74, 6) is -0.155. The smallest absolute Gasteiger partial charge is 0.332 e. The maximum Gasteiger partial charge on any atom is 0.353 e. The normalized spacial score (nSPS) is 10.0. The summed E-state index contributed by atoms with van der Waals surface area (Å²) in [7, 11) is 0. The van der Waals surface area contributed by atoms with Gasteiger partial charge in [-0.1, -0.05) is 18.2 Å². The van der Waals surface area contributed by atoms with Crippen molar-refractivity contribution in [2.45, 2.75) is 0 Å². The maximum absolute atomic E-state index is 11.7. The van der Waals surface area contributed by atoms with Crippen LogP contribution in [-0.2, 0) is 0 Å². The number of nitrogens with one attached hydrogen (secondary N) is 1. The van der Waals surface area contributed by atoms with Gasteiger partial charge in [0.2, 0.25) is 11.6 Å². The van der Waals surface area contributed by atoms with Gasteiger partial charge in [-0.25, -0.2) is 9.97 Å². The first-order chi connectivity index (χ1) is 13.2. The molecule has 132 valence electrons. The van der Waals surface area contributed by atoms with Crippen molar-refractivity contribution in [3.05, 3.63) is 53.0 Å². The quantitative estimate of drug-likeness (QED) is 0.398. The molecule has 0 saturated heterocycles. The zero-order valence-electron chi connectivity index (χ0n) is 13.9. The summed E-state index contributed by atoms with van der Waals surface area (Å²) in [6.07, 6.45) is 2.76. The third-order valence-electron chi connectivity index (χ3n) is 3.69. The number of hydrogen-bond donors (Lipinski definition) is 1. The lowest BCUT2D eigenvalue weighted by molar-refractivity contribution is -0.383. The summed E-state index contributed by atoms with van der Waals surface area (Å²) in [6.45, 7) is -0.443. The Morgan fingerprint density at radius 1 is 1.11 bits per heavy atom. The number of nitrogens with zero attached hydrogens (tertiary/aromatic N) is 7. The van der Waals surface area contributed by atoms with Crippen LogP contribution >= 0.6 is 0 Å². The Morgan fingerprint density at radius 2 is 1.85 bits per heavy atom. The van der Waals surface area contributed by atoms with Crippen LogP contribution in [0.3, 0.4) is 0 Å². The van der Waals surface area contributed by atoms with E-state index in [9.17, 15) is 10.1 Å². The fraction of sp³-hybridized carbons (Fsp3) is 0.118. The van der Waals surface area contributed by atoms with E-state index < -0.39 is 10.6 Å². The number of nitro groups is 1. The first-order valence-electron chi connectivity index (χ1n) is 7.74. The Morgan fingerprint density at radius 3 is 2.56 bits per heavy atom. The zero-order chi connectivity index (χ0) is 19.2. The third kappa shape index (κ3) is 3.55. The van der Waals surface area contributed by atoms with Crippen LogP contribution in [0, 0.1) is 32.8 Å². The van der Waals surface area contributed by atoms with Gasteiger partial charge in [0.1, 0.15) is 19.4 Å². The van der Waals surface area contributed by atoms with Gasteiger partial charge in [-0.05, 0) is 12.1 Å². The van der Waals surface area contributed by atoms with Crippen LogP contribution in [0.2, 0.25) is 0 Å². The van der Waals surface area contributed by atoms with Gasteiger partial charge >= 0.3 is 5.69 Å². The van der Waals surface area contributed by atoms with Crippen LogP contribution in [0.5, 0.6) is 0 Å². The number of para-hydroxylation sites is 1. The molecule has 3 rings (SSSR count).